The Morgan fingerprint density at radius 1 is 1.09 bits per heavy atom. The van der Waals surface area contributed by atoms with E-state index >= 15 is 0 Å². The van der Waals surface area contributed by atoms with Crippen molar-refractivity contribution in [3.05, 3.63) is 59.5 Å². The molecule has 0 aliphatic heterocycles. The van der Waals surface area contributed by atoms with Crippen molar-refractivity contribution in [1.82, 2.24) is 14.8 Å². The van der Waals surface area contributed by atoms with Crippen LogP contribution in [0.3, 0.4) is 0 Å². The lowest BCUT2D eigenvalue weighted by atomic mass is 10.2. The number of alkyl halides is 3. The summed E-state index contributed by atoms with van der Waals surface area (Å²) in [6, 6.07) is 6.79. The molecule has 0 saturated carbocycles. The molecule has 2 heterocycles. The number of carbonyl (C=O) groups excluding carboxylic acids is 2. The van der Waals surface area contributed by atoms with E-state index in [1.807, 2.05) is 0 Å². The first-order valence-corrected chi connectivity index (χ1v) is 9.41. The van der Waals surface area contributed by atoms with Crippen LogP contribution in [0.2, 0.25) is 0 Å². The number of anilines is 1. The highest BCUT2D eigenvalue weighted by atomic mass is 19.4. The monoisotopic (exact) mass is 464 g/mol. The van der Waals surface area contributed by atoms with Crippen LogP contribution in [0, 0.1) is 6.92 Å². The molecule has 0 radical (unpaired) electrons. The third kappa shape index (κ3) is 5.40. The number of aromatic nitrogens is 3. The Bertz CT molecular complexity index is 1160. The van der Waals surface area contributed by atoms with Gasteiger partial charge in [0.05, 0.1) is 37.4 Å². The summed E-state index contributed by atoms with van der Waals surface area (Å²) in [6.07, 6.45) is -2.67. The second-order valence-corrected chi connectivity index (χ2v) is 6.65. The molecule has 2 aromatic heterocycles. The second-order valence-electron chi connectivity index (χ2n) is 6.65. The number of esters is 1. The molecule has 0 bridgehead atoms. The number of nitrogens with zero attached hydrogens (tertiary/aromatic N) is 3. The topological polar surface area (TPSA) is 105 Å². The van der Waals surface area contributed by atoms with Crippen LogP contribution in [-0.2, 0) is 15.7 Å². The number of ether oxygens (including phenoxy) is 3. The Labute approximate surface area is 186 Å². The van der Waals surface area contributed by atoms with Gasteiger partial charge in [0, 0.05) is 12.3 Å². The first kappa shape index (κ1) is 23.6. The highest BCUT2D eigenvalue weighted by molar-refractivity contribution is 5.96. The van der Waals surface area contributed by atoms with Crippen molar-refractivity contribution in [2.75, 3.05) is 26.1 Å². The molecule has 12 heteroatoms. The van der Waals surface area contributed by atoms with E-state index in [4.69, 9.17) is 14.2 Å². The fourth-order valence-electron chi connectivity index (χ4n) is 2.83. The van der Waals surface area contributed by atoms with Gasteiger partial charge in [-0.1, -0.05) is 0 Å². The van der Waals surface area contributed by atoms with Gasteiger partial charge >= 0.3 is 12.1 Å². The smallest absolute Gasteiger partial charge is 0.417 e. The number of methoxy groups -OCH3 is 2. The molecule has 1 aromatic carbocycles. The van der Waals surface area contributed by atoms with Gasteiger partial charge in [-0.2, -0.15) is 18.3 Å². The standard InChI is InChI=1S/C21H19F3N4O5/c1-12-15(10-26-28(12)18-7-4-13(9-25-18)21(22,23)24)20(30)33-11-19(29)27-16-8-14(31-2)5-6-17(16)32-3/h4-10H,11H2,1-3H3,(H,27,29). The molecule has 3 rings (SSSR count). The molecule has 0 unspecified atom stereocenters. The minimum atomic E-state index is -4.52. The van der Waals surface area contributed by atoms with Gasteiger partial charge in [0.25, 0.3) is 5.91 Å². The Kier molecular flexibility index (Phi) is 6.85. The molecular weight excluding hydrogens is 445 g/mol. The van der Waals surface area contributed by atoms with E-state index in [2.05, 4.69) is 15.4 Å². The number of pyridine rings is 1. The van der Waals surface area contributed by atoms with E-state index in [0.717, 1.165) is 12.1 Å². The number of halogens is 3. The summed E-state index contributed by atoms with van der Waals surface area (Å²) in [5, 5.41) is 6.54. The molecule has 9 nitrogen and oxygen atoms in total. The van der Waals surface area contributed by atoms with Crippen LogP contribution in [0.15, 0.2) is 42.7 Å². The van der Waals surface area contributed by atoms with E-state index in [1.54, 1.807) is 18.2 Å². The van der Waals surface area contributed by atoms with Gasteiger partial charge in [-0.05, 0) is 31.2 Å². The predicted octanol–water partition coefficient (Wildman–Crippen LogP) is 3.41. The molecule has 1 N–H and O–H groups in total. The summed E-state index contributed by atoms with van der Waals surface area (Å²) in [7, 11) is 2.90. The van der Waals surface area contributed by atoms with Gasteiger partial charge < -0.3 is 19.5 Å². The van der Waals surface area contributed by atoms with E-state index in [1.165, 1.54) is 32.0 Å². The van der Waals surface area contributed by atoms with E-state index in [9.17, 15) is 22.8 Å². The molecule has 0 aliphatic rings. The third-order valence-electron chi connectivity index (χ3n) is 4.54. The normalized spacial score (nSPS) is 11.1. The average Bonchev–Trinajstić information content (AvgIpc) is 3.18. The summed E-state index contributed by atoms with van der Waals surface area (Å²) in [4.78, 5) is 28.4. The largest absolute Gasteiger partial charge is 0.497 e. The predicted molar refractivity (Wildman–Crippen MR) is 110 cm³/mol. The molecule has 174 valence electrons. The van der Waals surface area contributed by atoms with Crippen molar-refractivity contribution >= 4 is 17.6 Å². The Hall–Kier alpha value is -4.09. The molecule has 33 heavy (non-hydrogen) atoms. The van der Waals surface area contributed by atoms with Crippen molar-refractivity contribution in [2.45, 2.75) is 13.1 Å². The highest BCUT2D eigenvalue weighted by Crippen LogP contribution is 2.30. The molecule has 0 spiro atoms. The van der Waals surface area contributed by atoms with Crippen LogP contribution in [-0.4, -0.2) is 47.5 Å². The van der Waals surface area contributed by atoms with Crippen LogP contribution in [0.5, 0.6) is 11.5 Å². The Balaban J connectivity index is 1.66. The molecular formula is C21H19F3N4O5. The number of amides is 1. The lowest BCUT2D eigenvalue weighted by molar-refractivity contribution is -0.137. The van der Waals surface area contributed by atoms with Gasteiger partial charge in [-0.25, -0.2) is 14.5 Å². The average molecular weight is 464 g/mol. The van der Waals surface area contributed by atoms with Crippen molar-refractivity contribution < 1.29 is 37.0 Å². The maximum absolute atomic E-state index is 12.7. The minimum absolute atomic E-state index is 0.0310. The summed E-state index contributed by atoms with van der Waals surface area (Å²) in [5.41, 5.74) is -0.268. The number of rotatable bonds is 7. The molecule has 0 atom stereocenters. The van der Waals surface area contributed by atoms with Crippen LogP contribution in [0.4, 0.5) is 18.9 Å². The zero-order valence-electron chi connectivity index (χ0n) is 17.8. The summed E-state index contributed by atoms with van der Waals surface area (Å²) in [5.74, 6) is -0.496. The first-order chi connectivity index (χ1) is 15.6. The van der Waals surface area contributed by atoms with E-state index in [0.29, 0.717) is 23.4 Å². The second kappa shape index (κ2) is 9.59. The number of carbonyl (C=O) groups is 2. The van der Waals surface area contributed by atoms with Crippen LogP contribution < -0.4 is 14.8 Å². The van der Waals surface area contributed by atoms with Gasteiger partial charge in [0.15, 0.2) is 12.4 Å². The van der Waals surface area contributed by atoms with Crippen molar-refractivity contribution in [1.29, 1.82) is 0 Å². The lowest BCUT2D eigenvalue weighted by Gasteiger charge is -2.12. The lowest BCUT2D eigenvalue weighted by Crippen LogP contribution is -2.21. The fourth-order valence-corrected chi connectivity index (χ4v) is 2.83. The molecule has 0 aliphatic carbocycles. The van der Waals surface area contributed by atoms with Crippen LogP contribution in [0.25, 0.3) is 5.82 Å². The number of hydrogen-bond acceptors (Lipinski definition) is 7. The highest BCUT2D eigenvalue weighted by Gasteiger charge is 2.31. The zero-order chi connectivity index (χ0) is 24.2. The first-order valence-electron chi connectivity index (χ1n) is 9.41. The van der Waals surface area contributed by atoms with Crippen molar-refractivity contribution in [3.8, 4) is 17.3 Å². The fraction of sp³-hybridized carbons (Fsp3) is 0.238. The molecule has 0 saturated heterocycles. The number of benzene rings is 1. The Morgan fingerprint density at radius 3 is 2.45 bits per heavy atom. The minimum Gasteiger partial charge on any atom is -0.497 e. The van der Waals surface area contributed by atoms with Gasteiger partial charge in [-0.3, -0.25) is 4.79 Å². The quantitative estimate of drug-likeness (QED) is 0.535. The van der Waals surface area contributed by atoms with Crippen molar-refractivity contribution in [3.63, 3.8) is 0 Å². The molecule has 0 fully saturated rings. The van der Waals surface area contributed by atoms with Gasteiger partial charge in [-0.15, -0.1) is 0 Å². The number of nitrogens with one attached hydrogen (secondary N) is 1. The van der Waals surface area contributed by atoms with Gasteiger partial charge in [0.2, 0.25) is 0 Å². The van der Waals surface area contributed by atoms with Crippen LogP contribution in [0.1, 0.15) is 21.6 Å². The van der Waals surface area contributed by atoms with E-state index < -0.39 is 30.2 Å². The maximum Gasteiger partial charge on any atom is 0.417 e. The SMILES string of the molecule is COc1ccc(OC)c(NC(=O)COC(=O)c2cnn(-c3ccc(C(F)(F)F)cn3)c2C)c1. The maximum atomic E-state index is 12.7. The molecule has 3 aromatic rings. The van der Waals surface area contributed by atoms with Crippen LogP contribution >= 0.6 is 0 Å². The third-order valence-corrected chi connectivity index (χ3v) is 4.54. The summed E-state index contributed by atoms with van der Waals surface area (Å²) in [6.45, 7) is 0.923. The van der Waals surface area contributed by atoms with Crippen molar-refractivity contribution in [2.24, 2.45) is 0 Å². The Morgan fingerprint density at radius 2 is 1.85 bits per heavy atom. The molecule has 1 amide bonds. The summed E-state index contributed by atoms with van der Waals surface area (Å²) >= 11 is 0. The number of hydrogen-bond donors (Lipinski definition) is 1. The van der Waals surface area contributed by atoms with E-state index in [-0.39, 0.29) is 17.1 Å². The van der Waals surface area contributed by atoms with Gasteiger partial charge in [0.1, 0.15) is 17.1 Å². The summed E-state index contributed by atoms with van der Waals surface area (Å²) < 4.78 is 54.6. The zero-order valence-corrected chi connectivity index (χ0v) is 17.8.